The second-order valence-corrected chi connectivity index (χ2v) is 17.7. The number of aromatic amines is 1. The summed E-state index contributed by atoms with van der Waals surface area (Å²) in [5.74, 6) is -3.12. The minimum absolute atomic E-state index is 0.0472. The van der Waals surface area contributed by atoms with Crippen molar-refractivity contribution in [1.82, 2.24) is 10.3 Å². The van der Waals surface area contributed by atoms with Crippen LogP contribution in [0.3, 0.4) is 0 Å². The van der Waals surface area contributed by atoms with Crippen LogP contribution in [0, 0.1) is 0 Å². The molecular weight excluding hydrogens is 872 g/mol. The lowest BCUT2D eigenvalue weighted by molar-refractivity contribution is -0.938. The zero-order valence-electron chi connectivity index (χ0n) is 36.6. The third-order valence-electron chi connectivity index (χ3n) is 12.9. The van der Waals surface area contributed by atoms with Gasteiger partial charge in [-0.2, -0.15) is 13.2 Å². The van der Waals surface area contributed by atoms with Crippen LogP contribution in [0.1, 0.15) is 48.5 Å². The summed E-state index contributed by atoms with van der Waals surface area (Å²) < 4.78 is 44.4. The number of aliphatic carboxylic acids is 1. The van der Waals surface area contributed by atoms with Crippen molar-refractivity contribution in [3.8, 4) is 16.9 Å². The Kier molecular flexibility index (Phi) is 13.4. The quantitative estimate of drug-likeness (QED) is 0.0552. The SMILES string of the molecule is C[N+]1(C)[C@@H]2CC(OC(=O)Nc3ccc(CCCC(=O)Nc4ccc5cc(CNC[C@H](O)c6ccc(O)c7[nH]c(=O)ccc67)ccc5c4)cc3-c3ccccc3)C[C@H]1[C@@H]1O[C@@H]12.O=C([O-])C(F)(F)F. The number of carbonyl (C=O) groups is 3. The highest BCUT2D eigenvalue weighted by molar-refractivity contribution is 5.95. The number of hydrogen-bond donors (Lipinski definition) is 6. The van der Waals surface area contributed by atoms with E-state index in [1.165, 1.54) is 12.1 Å². The van der Waals surface area contributed by atoms with Gasteiger partial charge >= 0.3 is 12.3 Å². The molecule has 4 heterocycles. The average molecular weight is 922 g/mol. The van der Waals surface area contributed by atoms with Crippen LogP contribution in [0.4, 0.5) is 29.3 Å². The summed E-state index contributed by atoms with van der Waals surface area (Å²) in [5, 5.41) is 41.9. The number of morpholine rings is 1. The van der Waals surface area contributed by atoms with Crippen molar-refractivity contribution in [1.29, 1.82) is 0 Å². The molecule has 67 heavy (non-hydrogen) atoms. The normalized spacial score (nSPS) is 20.5. The molecule has 0 saturated carbocycles. The van der Waals surface area contributed by atoms with E-state index >= 15 is 0 Å². The van der Waals surface area contributed by atoms with Gasteiger partial charge in [-0.1, -0.05) is 60.7 Å². The maximum Gasteiger partial charge on any atom is 0.430 e. The highest BCUT2D eigenvalue weighted by Crippen LogP contribution is 2.51. The number of aromatic nitrogens is 1. The van der Waals surface area contributed by atoms with Gasteiger partial charge in [-0.3, -0.25) is 14.9 Å². The fourth-order valence-electron chi connectivity index (χ4n) is 9.48. The molecule has 3 saturated heterocycles. The number of anilines is 2. The Balaban J connectivity index is 0.000000807. The van der Waals surface area contributed by atoms with Crippen molar-refractivity contribution in [2.75, 3.05) is 31.3 Å². The average Bonchev–Trinajstić information content (AvgIpc) is 4.06. The number of phenols is 1. The van der Waals surface area contributed by atoms with E-state index in [0.29, 0.717) is 72.3 Å². The van der Waals surface area contributed by atoms with Crippen molar-refractivity contribution >= 4 is 51.0 Å². The first-order chi connectivity index (χ1) is 31.9. The fourth-order valence-corrected chi connectivity index (χ4v) is 9.48. The fraction of sp³-hybridized carbons (Fsp3) is 0.320. The molecule has 350 valence electrons. The van der Waals surface area contributed by atoms with E-state index in [2.05, 4.69) is 47.2 Å². The first kappa shape index (κ1) is 46.7. The van der Waals surface area contributed by atoms with Crippen molar-refractivity contribution in [2.24, 2.45) is 0 Å². The highest BCUT2D eigenvalue weighted by Gasteiger charge is 2.70. The number of H-pyrrole nitrogens is 1. The molecule has 3 fully saturated rings. The monoisotopic (exact) mass is 921 g/mol. The van der Waals surface area contributed by atoms with Gasteiger partial charge in [0.25, 0.3) is 0 Å². The molecular formula is C50H50F3N5O9. The van der Waals surface area contributed by atoms with E-state index in [-0.39, 0.29) is 29.9 Å². The van der Waals surface area contributed by atoms with E-state index in [0.717, 1.165) is 56.0 Å². The van der Waals surface area contributed by atoms with Crippen LogP contribution in [-0.2, 0) is 32.0 Å². The van der Waals surface area contributed by atoms with Gasteiger partial charge in [0.15, 0.2) is 0 Å². The molecule has 1 aromatic heterocycles. The number of nitrogens with one attached hydrogen (secondary N) is 4. The minimum atomic E-state index is -5.19. The summed E-state index contributed by atoms with van der Waals surface area (Å²) in [6.45, 7) is 0.791. The molecule has 0 spiro atoms. The van der Waals surface area contributed by atoms with Crippen LogP contribution in [0.15, 0.2) is 114 Å². The first-order valence-electron chi connectivity index (χ1n) is 21.9. The van der Waals surface area contributed by atoms with Crippen molar-refractivity contribution in [3.05, 3.63) is 136 Å². The number of benzene rings is 5. The Bertz CT molecular complexity index is 2850. The van der Waals surface area contributed by atoms with Gasteiger partial charge < -0.3 is 49.7 Å². The second-order valence-electron chi connectivity index (χ2n) is 17.7. The van der Waals surface area contributed by atoms with E-state index in [9.17, 15) is 37.8 Å². The second kappa shape index (κ2) is 19.2. The number of aryl methyl sites for hydroxylation is 1. The molecule has 14 nitrogen and oxygen atoms in total. The number of aliphatic hydroxyl groups excluding tert-OH is 1. The molecule has 5 aromatic carbocycles. The smallest absolute Gasteiger partial charge is 0.430 e. The van der Waals surface area contributed by atoms with Gasteiger partial charge in [0, 0.05) is 55.1 Å². The van der Waals surface area contributed by atoms with Crippen LogP contribution < -0.4 is 26.6 Å². The molecule has 0 radical (unpaired) electrons. The number of aliphatic hydroxyl groups is 1. The number of hydrogen-bond acceptors (Lipinski definition) is 10. The van der Waals surface area contributed by atoms with Crippen LogP contribution in [0.2, 0.25) is 0 Å². The lowest BCUT2D eigenvalue weighted by Crippen LogP contribution is -2.60. The number of phenolic OH excluding ortho intramolecular Hbond substituents is 1. The Morgan fingerprint density at radius 2 is 1.57 bits per heavy atom. The van der Waals surface area contributed by atoms with Gasteiger partial charge in [-0.25, -0.2) is 4.79 Å². The number of carboxylic acids is 1. The molecule has 3 aliphatic rings. The number of aromatic hydroxyl groups is 1. The summed E-state index contributed by atoms with van der Waals surface area (Å²) in [5.41, 5.74) is 5.99. The molecule has 17 heteroatoms. The van der Waals surface area contributed by atoms with E-state index in [4.69, 9.17) is 19.4 Å². The lowest BCUT2D eigenvalue weighted by atomic mass is 9.96. The maximum atomic E-state index is 13.2. The molecule has 0 aliphatic carbocycles. The Labute approximate surface area is 382 Å². The topological polar surface area (TPSA) is 205 Å². The zero-order valence-corrected chi connectivity index (χ0v) is 36.6. The molecule has 3 aliphatic heterocycles. The molecule has 2 bridgehead atoms. The summed E-state index contributed by atoms with van der Waals surface area (Å²) in [6.07, 6.45) is -2.72. The minimum Gasteiger partial charge on any atom is -0.542 e. The lowest BCUT2D eigenvalue weighted by Gasteiger charge is -2.45. The Morgan fingerprint density at radius 3 is 2.28 bits per heavy atom. The standard InChI is InChI=1S/C48H49N5O7.C2HF3O2/c1-53(2)39-24-34(25-40(53)47-46(39)60-47)59-48(58)51-38-18-12-28(22-37(38)30-8-4-3-5-9-30)7-6-10-43(56)50-33-15-14-31-21-29(11-13-32(31)23-33)26-49-27-42(55)35-16-19-41(54)45-36(35)17-20-44(57)52-45;3-2(4,5)1(6)7/h3-5,8-9,11-23,34,39-40,42,46-47,49,55H,6-7,10,24-27H2,1-2H3,(H3-,50,51,52,54,56,57,58);(H,6,7)/t34?,39-,40+,42-,46-,47+;/m0./s1. The van der Waals surface area contributed by atoms with Gasteiger partial charge in [-0.15, -0.1) is 0 Å². The number of likely N-dealkylation sites (N-methyl/N-ethyl adjacent to an activating group) is 1. The van der Waals surface area contributed by atoms with E-state index in [1.807, 2.05) is 72.8 Å². The summed E-state index contributed by atoms with van der Waals surface area (Å²) in [4.78, 5) is 49.5. The number of epoxide rings is 1. The van der Waals surface area contributed by atoms with Gasteiger partial charge in [0.05, 0.1) is 31.4 Å². The van der Waals surface area contributed by atoms with E-state index < -0.39 is 24.3 Å². The van der Waals surface area contributed by atoms with Crippen molar-refractivity contribution in [2.45, 2.75) is 81.3 Å². The first-order valence-corrected chi connectivity index (χ1v) is 21.9. The molecule has 6 aromatic rings. The number of halogens is 3. The summed E-state index contributed by atoms with van der Waals surface area (Å²) in [7, 11) is 4.52. The third-order valence-corrected chi connectivity index (χ3v) is 12.9. The number of carboxylic acid groups (broad SMARTS) is 1. The molecule has 9 rings (SSSR count). The van der Waals surface area contributed by atoms with Crippen LogP contribution in [0.25, 0.3) is 32.8 Å². The van der Waals surface area contributed by atoms with Crippen LogP contribution in [-0.4, -0.2) is 94.9 Å². The predicted molar refractivity (Wildman–Crippen MR) is 243 cm³/mol. The third kappa shape index (κ3) is 10.8. The number of piperidine rings is 1. The molecule has 1 unspecified atom stereocenters. The van der Waals surface area contributed by atoms with Gasteiger partial charge in [0.1, 0.15) is 42.1 Å². The number of alkyl halides is 3. The summed E-state index contributed by atoms with van der Waals surface area (Å²) in [6, 6.07) is 34.8. The number of pyridine rings is 1. The van der Waals surface area contributed by atoms with Crippen molar-refractivity contribution < 1.29 is 56.8 Å². The summed E-state index contributed by atoms with van der Waals surface area (Å²) >= 11 is 0. The Hall–Kier alpha value is -6.79. The molecule has 6 atom stereocenters. The Morgan fingerprint density at radius 1 is 0.881 bits per heavy atom. The largest absolute Gasteiger partial charge is 0.542 e. The van der Waals surface area contributed by atoms with Crippen LogP contribution in [0.5, 0.6) is 5.75 Å². The van der Waals surface area contributed by atoms with Crippen molar-refractivity contribution in [3.63, 3.8) is 0 Å². The highest BCUT2D eigenvalue weighted by atomic mass is 19.4. The number of rotatable bonds is 13. The van der Waals surface area contributed by atoms with Gasteiger partial charge in [0.2, 0.25) is 11.5 Å². The number of nitrogens with zero attached hydrogens (tertiary/aromatic N) is 1. The molecule has 6 N–H and O–H groups in total. The predicted octanol–water partition coefficient (Wildman–Crippen LogP) is 6.44. The van der Waals surface area contributed by atoms with Gasteiger partial charge in [-0.05, 0) is 88.3 Å². The maximum absolute atomic E-state index is 13.2. The number of ether oxygens (including phenoxy) is 2. The van der Waals surface area contributed by atoms with E-state index in [1.54, 1.807) is 12.1 Å². The zero-order chi connectivity index (χ0) is 47.6. The number of amides is 2. The number of carbonyl (C=O) groups excluding carboxylic acids is 3. The molecule has 2 amide bonds. The van der Waals surface area contributed by atoms with Crippen LogP contribution >= 0.6 is 0 Å². The number of fused-ring (bicyclic) bond motifs is 7. The number of quaternary nitrogens is 1.